The van der Waals surface area contributed by atoms with Crippen LogP contribution in [-0.2, 0) is 0 Å². The molecular formula is C10H18N4. The van der Waals surface area contributed by atoms with Gasteiger partial charge < -0.3 is 10.2 Å². The molecule has 0 aromatic rings. The average molecular weight is 194 g/mol. The number of guanidine groups is 1. The van der Waals surface area contributed by atoms with Gasteiger partial charge in [0.2, 0.25) is 5.96 Å². The van der Waals surface area contributed by atoms with Crippen molar-refractivity contribution in [2.75, 3.05) is 13.1 Å². The molecule has 0 saturated carbocycles. The minimum absolute atomic E-state index is 0.0770. The van der Waals surface area contributed by atoms with Gasteiger partial charge in [-0.15, -0.1) is 0 Å². The Morgan fingerprint density at radius 2 is 1.93 bits per heavy atom. The first kappa shape index (κ1) is 9.49. The van der Waals surface area contributed by atoms with Gasteiger partial charge in [-0.05, 0) is 33.1 Å². The second kappa shape index (κ2) is 3.98. The van der Waals surface area contributed by atoms with Crippen molar-refractivity contribution in [1.29, 1.82) is 0 Å². The molecule has 1 atom stereocenters. The van der Waals surface area contributed by atoms with E-state index in [9.17, 15) is 0 Å². The van der Waals surface area contributed by atoms with Gasteiger partial charge in [-0.1, -0.05) is 0 Å². The Hall–Kier alpha value is -1.06. The molecule has 0 aromatic carbocycles. The molecule has 1 N–H and O–H groups in total. The maximum absolute atomic E-state index is 4.50. The van der Waals surface area contributed by atoms with Crippen LogP contribution in [0.2, 0.25) is 0 Å². The van der Waals surface area contributed by atoms with E-state index in [1.54, 1.807) is 0 Å². The summed E-state index contributed by atoms with van der Waals surface area (Å²) in [6, 6.07) is 0. The van der Waals surface area contributed by atoms with Crippen LogP contribution in [0.5, 0.6) is 0 Å². The van der Waals surface area contributed by atoms with Gasteiger partial charge in [-0.25, -0.2) is 9.98 Å². The molecule has 0 aliphatic carbocycles. The number of aliphatic imine (C=N–C) groups is 2. The van der Waals surface area contributed by atoms with Crippen LogP contribution in [0.1, 0.15) is 33.1 Å². The van der Waals surface area contributed by atoms with Crippen molar-refractivity contribution in [3.63, 3.8) is 0 Å². The van der Waals surface area contributed by atoms with E-state index in [4.69, 9.17) is 0 Å². The first-order valence-corrected chi connectivity index (χ1v) is 5.40. The zero-order valence-corrected chi connectivity index (χ0v) is 8.95. The van der Waals surface area contributed by atoms with E-state index in [1.807, 2.05) is 13.8 Å². The molecule has 0 bridgehead atoms. The van der Waals surface area contributed by atoms with Crippen LogP contribution in [0.15, 0.2) is 9.98 Å². The smallest absolute Gasteiger partial charge is 0.201 e. The molecule has 2 heterocycles. The normalized spacial score (nSPS) is 27.9. The highest BCUT2D eigenvalue weighted by molar-refractivity contribution is 6.00. The SMILES string of the molecule is CC1=NC(C)N=C(N2CCCCC2)N1. The molecule has 1 unspecified atom stereocenters. The summed E-state index contributed by atoms with van der Waals surface area (Å²) in [6.45, 7) is 6.28. The van der Waals surface area contributed by atoms with Gasteiger partial charge in [0, 0.05) is 13.1 Å². The lowest BCUT2D eigenvalue weighted by Crippen LogP contribution is -2.48. The second-order valence-electron chi connectivity index (χ2n) is 3.97. The van der Waals surface area contributed by atoms with Crippen LogP contribution in [0, 0.1) is 0 Å². The van der Waals surface area contributed by atoms with Crippen molar-refractivity contribution >= 4 is 11.8 Å². The third-order valence-corrected chi connectivity index (χ3v) is 2.64. The maximum atomic E-state index is 4.50. The Bertz CT molecular complexity index is 263. The number of piperidine rings is 1. The number of amidine groups is 1. The zero-order chi connectivity index (χ0) is 9.97. The van der Waals surface area contributed by atoms with Gasteiger partial charge >= 0.3 is 0 Å². The first-order valence-electron chi connectivity index (χ1n) is 5.40. The largest absolute Gasteiger partial charge is 0.343 e. The van der Waals surface area contributed by atoms with Crippen molar-refractivity contribution in [3.05, 3.63) is 0 Å². The van der Waals surface area contributed by atoms with Gasteiger partial charge in [0.25, 0.3) is 0 Å². The number of nitrogens with one attached hydrogen (secondary N) is 1. The molecule has 2 aliphatic heterocycles. The summed E-state index contributed by atoms with van der Waals surface area (Å²) in [5.74, 6) is 2.00. The van der Waals surface area contributed by atoms with E-state index in [2.05, 4.69) is 20.2 Å². The van der Waals surface area contributed by atoms with Gasteiger partial charge in [0.05, 0.1) is 0 Å². The van der Waals surface area contributed by atoms with Crippen LogP contribution in [-0.4, -0.2) is 36.0 Å². The molecule has 4 nitrogen and oxygen atoms in total. The molecule has 1 saturated heterocycles. The summed E-state index contributed by atoms with van der Waals surface area (Å²) in [6.07, 6.45) is 4.00. The molecule has 0 spiro atoms. The van der Waals surface area contributed by atoms with E-state index in [0.717, 1.165) is 24.9 Å². The lowest BCUT2D eigenvalue weighted by Gasteiger charge is -2.32. The zero-order valence-electron chi connectivity index (χ0n) is 8.95. The van der Waals surface area contributed by atoms with E-state index >= 15 is 0 Å². The number of hydrogen-bond acceptors (Lipinski definition) is 4. The molecule has 78 valence electrons. The molecule has 2 rings (SSSR count). The van der Waals surface area contributed by atoms with Crippen molar-refractivity contribution in [1.82, 2.24) is 10.2 Å². The topological polar surface area (TPSA) is 40.0 Å². The third kappa shape index (κ3) is 2.05. The molecule has 4 heteroatoms. The number of nitrogens with zero attached hydrogens (tertiary/aromatic N) is 3. The standard InChI is InChI=1S/C10H18N4/c1-8-11-9(2)13-10(12-8)14-6-4-3-5-7-14/h8H,3-7H2,1-2H3,(H,11,12,13). The molecular weight excluding hydrogens is 176 g/mol. The molecule has 2 aliphatic rings. The Morgan fingerprint density at radius 1 is 1.21 bits per heavy atom. The van der Waals surface area contributed by atoms with Crippen LogP contribution < -0.4 is 5.32 Å². The summed E-state index contributed by atoms with van der Waals surface area (Å²) in [4.78, 5) is 11.2. The molecule has 14 heavy (non-hydrogen) atoms. The minimum atomic E-state index is 0.0770. The highest BCUT2D eigenvalue weighted by Gasteiger charge is 2.18. The number of hydrogen-bond donors (Lipinski definition) is 1. The van der Waals surface area contributed by atoms with Crippen LogP contribution >= 0.6 is 0 Å². The Balaban J connectivity index is 2.03. The first-order chi connectivity index (χ1) is 6.75. The fourth-order valence-electron chi connectivity index (χ4n) is 1.98. The second-order valence-corrected chi connectivity index (χ2v) is 3.97. The lowest BCUT2D eigenvalue weighted by atomic mass is 10.1. The van der Waals surface area contributed by atoms with Gasteiger partial charge in [-0.3, -0.25) is 0 Å². The fourth-order valence-corrected chi connectivity index (χ4v) is 1.98. The van der Waals surface area contributed by atoms with Crippen LogP contribution in [0.25, 0.3) is 0 Å². The monoisotopic (exact) mass is 194 g/mol. The summed E-state index contributed by atoms with van der Waals surface area (Å²) in [5, 5.41) is 3.24. The van der Waals surface area contributed by atoms with Crippen LogP contribution in [0.3, 0.4) is 0 Å². The van der Waals surface area contributed by atoms with Gasteiger partial charge in [-0.2, -0.15) is 0 Å². The fraction of sp³-hybridized carbons (Fsp3) is 0.800. The highest BCUT2D eigenvalue weighted by atomic mass is 15.3. The van der Waals surface area contributed by atoms with Gasteiger partial charge in [0.15, 0.2) is 0 Å². The van der Waals surface area contributed by atoms with Crippen molar-refractivity contribution in [2.24, 2.45) is 9.98 Å². The van der Waals surface area contributed by atoms with E-state index in [1.165, 1.54) is 19.3 Å². The van der Waals surface area contributed by atoms with Crippen molar-refractivity contribution < 1.29 is 0 Å². The Morgan fingerprint density at radius 3 is 2.57 bits per heavy atom. The minimum Gasteiger partial charge on any atom is -0.343 e. The predicted molar refractivity (Wildman–Crippen MR) is 58.6 cm³/mol. The van der Waals surface area contributed by atoms with Gasteiger partial charge in [0.1, 0.15) is 12.0 Å². The van der Waals surface area contributed by atoms with E-state index in [0.29, 0.717) is 0 Å². The summed E-state index contributed by atoms with van der Waals surface area (Å²) >= 11 is 0. The summed E-state index contributed by atoms with van der Waals surface area (Å²) < 4.78 is 0. The average Bonchev–Trinajstić information content (AvgIpc) is 2.18. The summed E-state index contributed by atoms with van der Waals surface area (Å²) in [7, 11) is 0. The molecule has 0 amide bonds. The quantitative estimate of drug-likeness (QED) is 0.629. The highest BCUT2D eigenvalue weighted by Crippen LogP contribution is 2.10. The Labute approximate surface area is 85.1 Å². The maximum Gasteiger partial charge on any atom is 0.201 e. The number of likely N-dealkylation sites (tertiary alicyclic amines) is 1. The molecule has 0 aromatic heterocycles. The van der Waals surface area contributed by atoms with Crippen molar-refractivity contribution in [3.8, 4) is 0 Å². The van der Waals surface area contributed by atoms with Crippen LogP contribution in [0.4, 0.5) is 0 Å². The lowest BCUT2D eigenvalue weighted by molar-refractivity contribution is 0.333. The third-order valence-electron chi connectivity index (χ3n) is 2.64. The number of rotatable bonds is 0. The van der Waals surface area contributed by atoms with E-state index < -0.39 is 0 Å². The Kier molecular flexibility index (Phi) is 2.70. The van der Waals surface area contributed by atoms with Crippen molar-refractivity contribution in [2.45, 2.75) is 39.3 Å². The van der Waals surface area contributed by atoms with E-state index in [-0.39, 0.29) is 6.17 Å². The molecule has 0 radical (unpaired) electrons. The predicted octanol–water partition coefficient (Wildman–Crippen LogP) is 1.20. The summed E-state index contributed by atoms with van der Waals surface area (Å²) in [5.41, 5.74) is 0. The molecule has 1 fully saturated rings.